The van der Waals surface area contributed by atoms with Crippen molar-refractivity contribution < 1.29 is 64.7 Å². The Labute approximate surface area is 121 Å². The molecule has 0 aromatic heterocycles. The fourth-order valence-corrected chi connectivity index (χ4v) is 1.57. The summed E-state index contributed by atoms with van der Waals surface area (Å²) in [6.45, 7) is -3.70. The Balaban J connectivity index is 5.12. The van der Waals surface area contributed by atoms with E-state index in [0.29, 0.717) is 0 Å². The molecule has 3 atom stereocenters. The summed E-state index contributed by atoms with van der Waals surface area (Å²) in [5, 5.41) is 0. The first-order chi connectivity index (χ1) is 9.55. The number of hydrogen-bond acceptors (Lipinski definition) is 6. The Morgan fingerprint density at radius 2 is 0.727 bits per heavy atom. The minimum atomic E-state index is -5.75. The van der Waals surface area contributed by atoms with Gasteiger partial charge < -0.3 is 0 Å². The van der Waals surface area contributed by atoms with Crippen molar-refractivity contribution in [1.82, 2.24) is 0 Å². The molecular formula is C4HF9O6S3. The zero-order valence-electron chi connectivity index (χ0n) is 9.15. The van der Waals surface area contributed by atoms with Gasteiger partial charge in [-0.25, -0.2) is 25.2 Å². The van der Waals surface area contributed by atoms with E-state index in [2.05, 4.69) is 12.5 Å². The van der Waals surface area contributed by atoms with Crippen LogP contribution in [-0.4, -0.2) is 35.6 Å². The van der Waals surface area contributed by atoms with Crippen molar-refractivity contribution >= 4 is 33.2 Å². The molecule has 0 spiro atoms. The van der Waals surface area contributed by atoms with E-state index in [1.54, 1.807) is 0 Å². The predicted octanol–water partition coefficient (Wildman–Crippen LogP) is 1.87. The van der Waals surface area contributed by atoms with Gasteiger partial charge in [-0.2, -0.15) is 39.5 Å². The van der Waals surface area contributed by atoms with Crippen molar-refractivity contribution in [2.45, 2.75) is 23.0 Å². The minimum Gasteiger partial charge on any atom is -0.223 e. The van der Waals surface area contributed by atoms with Gasteiger partial charge in [-0.15, -0.1) is 0 Å². The molecule has 0 radical (unpaired) electrons. The summed E-state index contributed by atoms with van der Waals surface area (Å²) in [6.07, 6.45) is 0. The van der Waals surface area contributed by atoms with Gasteiger partial charge in [-0.1, -0.05) is 0 Å². The Morgan fingerprint density at radius 1 is 0.545 bits per heavy atom. The maximum absolute atomic E-state index is 11.8. The summed E-state index contributed by atoms with van der Waals surface area (Å²) in [5.74, 6) is 0. The van der Waals surface area contributed by atoms with Crippen LogP contribution >= 0.6 is 0 Å². The van der Waals surface area contributed by atoms with Gasteiger partial charge >= 0.3 is 23.0 Å². The van der Waals surface area contributed by atoms with Crippen LogP contribution in [0.5, 0.6) is 0 Å². The Kier molecular flexibility index (Phi) is 7.41. The lowest BCUT2D eigenvalue weighted by Gasteiger charge is -2.17. The van der Waals surface area contributed by atoms with E-state index in [4.69, 9.17) is 0 Å². The SMILES string of the molecule is O=S(OC(OS(=O)C(F)(F)F)OS(=O)C(F)(F)F)C(F)(F)F. The quantitative estimate of drug-likeness (QED) is 0.490. The topological polar surface area (TPSA) is 78.9 Å². The normalized spacial score (nSPS) is 19.5. The lowest BCUT2D eigenvalue weighted by Crippen LogP contribution is -2.34. The molecule has 0 aliphatic heterocycles. The third-order valence-electron chi connectivity index (χ3n) is 1.06. The molecule has 0 aliphatic carbocycles. The minimum absolute atomic E-state index is 3.06. The molecule has 0 N–H and O–H groups in total. The van der Waals surface area contributed by atoms with Crippen LogP contribution in [0.15, 0.2) is 0 Å². The molecule has 0 fully saturated rings. The molecular weight excluding hydrogens is 411 g/mol. The van der Waals surface area contributed by atoms with E-state index in [9.17, 15) is 52.1 Å². The molecule has 0 aromatic rings. The molecule has 0 amide bonds. The van der Waals surface area contributed by atoms with Crippen LogP contribution in [0.2, 0.25) is 0 Å². The first-order valence-corrected chi connectivity index (χ1v) is 7.25. The second-order valence-electron chi connectivity index (χ2n) is 2.62. The highest BCUT2D eigenvalue weighted by molar-refractivity contribution is 7.82. The van der Waals surface area contributed by atoms with E-state index in [1.165, 1.54) is 0 Å². The van der Waals surface area contributed by atoms with Crippen molar-refractivity contribution in [1.29, 1.82) is 0 Å². The summed E-state index contributed by atoms with van der Waals surface area (Å²) in [7, 11) is 0. The Bertz CT molecular complexity index is 387. The summed E-state index contributed by atoms with van der Waals surface area (Å²) < 4.78 is 147. The van der Waals surface area contributed by atoms with Gasteiger partial charge in [0.2, 0.25) is 0 Å². The highest BCUT2D eigenvalue weighted by Gasteiger charge is 2.47. The van der Waals surface area contributed by atoms with Crippen molar-refractivity contribution in [3.63, 3.8) is 0 Å². The molecule has 0 aliphatic rings. The molecule has 0 saturated carbocycles. The zero-order valence-corrected chi connectivity index (χ0v) is 11.6. The lowest BCUT2D eigenvalue weighted by molar-refractivity contribution is -0.153. The highest BCUT2D eigenvalue weighted by Crippen LogP contribution is 2.28. The predicted molar refractivity (Wildman–Crippen MR) is 49.6 cm³/mol. The van der Waals surface area contributed by atoms with Crippen LogP contribution in [0, 0.1) is 0 Å². The summed E-state index contributed by atoms with van der Waals surface area (Å²) in [6, 6.07) is 0. The molecule has 6 nitrogen and oxygen atoms in total. The smallest absolute Gasteiger partial charge is 0.223 e. The molecule has 0 bridgehead atoms. The van der Waals surface area contributed by atoms with E-state index in [-0.39, 0.29) is 0 Å². The number of rotatable bonds is 6. The highest BCUT2D eigenvalue weighted by atomic mass is 32.2. The van der Waals surface area contributed by atoms with Gasteiger partial charge in [0.05, 0.1) is 0 Å². The van der Waals surface area contributed by atoms with Crippen molar-refractivity contribution in [3.8, 4) is 0 Å². The van der Waals surface area contributed by atoms with Crippen LogP contribution in [-0.2, 0) is 45.8 Å². The largest absolute Gasteiger partial charge is 0.497 e. The van der Waals surface area contributed by atoms with Crippen LogP contribution in [0.3, 0.4) is 0 Å². The summed E-state index contributed by atoms with van der Waals surface area (Å²) in [4.78, 5) is 0. The fourth-order valence-electron chi connectivity index (χ4n) is 0.426. The average Bonchev–Trinajstić information content (AvgIpc) is 2.24. The van der Waals surface area contributed by atoms with Gasteiger partial charge in [0.25, 0.3) is 33.2 Å². The Hall–Kier alpha value is -0.300. The molecule has 0 heterocycles. The third kappa shape index (κ3) is 7.81. The van der Waals surface area contributed by atoms with Gasteiger partial charge in [0, 0.05) is 0 Å². The molecule has 22 heavy (non-hydrogen) atoms. The number of halogens is 9. The monoisotopic (exact) mass is 412 g/mol. The maximum atomic E-state index is 11.8. The first kappa shape index (κ1) is 21.7. The second kappa shape index (κ2) is 7.51. The number of hydrogen-bond donors (Lipinski definition) is 0. The van der Waals surface area contributed by atoms with Crippen LogP contribution in [0.1, 0.15) is 0 Å². The second-order valence-corrected chi connectivity index (χ2v) is 5.99. The van der Waals surface area contributed by atoms with Gasteiger partial charge in [0.15, 0.2) is 0 Å². The molecule has 3 unspecified atom stereocenters. The van der Waals surface area contributed by atoms with Gasteiger partial charge in [-0.05, 0) is 0 Å². The van der Waals surface area contributed by atoms with Gasteiger partial charge in [0.1, 0.15) is 0 Å². The number of alkyl halides is 9. The van der Waals surface area contributed by atoms with E-state index < -0.39 is 56.2 Å². The van der Waals surface area contributed by atoms with Crippen LogP contribution in [0.25, 0.3) is 0 Å². The zero-order chi connectivity index (χ0) is 17.9. The first-order valence-electron chi connectivity index (χ1n) is 4.02. The van der Waals surface area contributed by atoms with Crippen LogP contribution < -0.4 is 0 Å². The standard InChI is InChI=1S/C4HF9O6S3/c5-2(6,7)20(14)17-1(18-21(15)3(8,9)10)19-22(16)4(11,12)13/h1H. The molecule has 18 heteroatoms. The van der Waals surface area contributed by atoms with Gasteiger partial charge in [-0.3, -0.25) is 0 Å². The van der Waals surface area contributed by atoms with E-state index in [0.717, 1.165) is 0 Å². The van der Waals surface area contributed by atoms with Crippen LogP contribution in [0.4, 0.5) is 39.5 Å². The molecule has 0 aromatic carbocycles. The Morgan fingerprint density at radius 3 is 0.864 bits per heavy atom. The summed E-state index contributed by atoms with van der Waals surface area (Å²) >= 11 is -13.5. The van der Waals surface area contributed by atoms with Crippen molar-refractivity contribution in [3.05, 3.63) is 0 Å². The molecule has 134 valence electrons. The van der Waals surface area contributed by atoms with Crippen molar-refractivity contribution in [2.24, 2.45) is 0 Å². The third-order valence-corrected chi connectivity index (χ3v) is 3.19. The fraction of sp³-hybridized carbons (Fsp3) is 1.00. The lowest BCUT2D eigenvalue weighted by atomic mass is 11.4. The average molecular weight is 412 g/mol. The maximum Gasteiger partial charge on any atom is 0.497 e. The molecule has 0 rings (SSSR count). The summed E-state index contributed by atoms with van der Waals surface area (Å²) in [5.41, 5.74) is -17.2. The molecule has 0 saturated heterocycles. The van der Waals surface area contributed by atoms with Crippen molar-refractivity contribution in [2.75, 3.05) is 0 Å². The van der Waals surface area contributed by atoms with E-state index in [1.807, 2.05) is 0 Å². The van der Waals surface area contributed by atoms with E-state index >= 15 is 0 Å².